The standard InChI is InChI=1S/C19H32N2O7/c1-18(2,3)27-14(22)10-9-12(20-17(26)28-19(4,5)6)15(23)21-11-7-8-13(21)16(24)25/h12-13H,7-11H2,1-6H3,(H,20,26)(H,24,25)/t12-,13-/m0/s1. The molecule has 0 unspecified atom stereocenters. The van der Waals surface area contributed by atoms with Gasteiger partial charge in [0, 0.05) is 13.0 Å². The molecule has 2 atom stereocenters. The van der Waals surface area contributed by atoms with E-state index >= 15 is 0 Å². The minimum Gasteiger partial charge on any atom is -0.480 e. The summed E-state index contributed by atoms with van der Waals surface area (Å²) in [6.45, 7) is 10.5. The van der Waals surface area contributed by atoms with Gasteiger partial charge in [0.25, 0.3) is 0 Å². The molecular weight excluding hydrogens is 368 g/mol. The lowest BCUT2D eigenvalue weighted by molar-refractivity contribution is -0.155. The van der Waals surface area contributed by atoms with Gasteiger partial charge in [-0.15, -0.1) is 0 Å². The van der Waals surface area contributed by atoms with E-state index in [4.69, 9.17) is 9.47 Å². The van der Waals surface area contributed by atoms with Crippen molar-refractivity contribution in [3.8, 4) is 0 Å². The van der Waals surface area contributed by atoms with Crippen molar-refractivity contribution in [3.63, 3.8) is 0 Å². The summed E-state index contributed by atoms with van der Waals surface area (Å²) in [6.07, 6.45) is -0.00779. The van der Waals surface area contributed by atoms with Gasteiger partial charge in [-0.05, 0) is 60.8 Å². The quantitative estimate of drug-likeness (QED) is 0.654. The van der Waals surface area contributed by atoms with E-state index in [1.54, 1.807) is 41.5 Å². The summed E-state index contributed by atoms with van der Waals surface area (Å²) < 4.78 is 10.4. The molecule has 1 aliphatic heterocycles. The van der Waals surface area contributed by atoms with Crippen molar-refractivity contribution < 1.29 is 33.8 Å². The highest BCUT2D eigenvalue weighted by Crippen LogP contribution is 2.20. The maximum Gasteiger partial charge on any atom is 0.408 e. The van der Waals surface area contributed by atoms with E-state index in [-0.39, 0.29) is 19.4 Å². The zero-order valence-electron chi connectivity index (χ0n) is 17.5. The van der Waals surface area contributed by atoms with Crippen LogP contribution in [-0.4, -0.2) is 63.8 Å². The molecule has 0 saturated carbocycles. The summed E-state index contributed by atoms with van der Waals surface area (Å²) in [4.78, 5) is 49.7. The molecule has 0 aromatic carbocycles. The molecule has 0 aliphatic carbocycles. The number of hydrogen-bond donors (Lipinski definition) is 2. The van der Waals surface area contributed by atoms with Crippen molar-refractivity contribution in [2.24, 2.45) is 0 Å². The van der Waals surface area contributed by atoms with Gasteiger partial charge < -0.3 is 24.8 Å². The lowest BCUT2D eigenvalue weighted by atomic mass is 10.1. The van der Waals surface area contributed by atoms with Crippen LogP contribution in [0, 0.1) is 0 Å². The van der Waals surface area contributed by atoms with E-state index in [1.165, 1.54) is 4.90 Å². The number of ether oxygens (including phenoxy) is 2. The summed E-state index contributed by atoms with van der Waals surface area (Å²) in [5, 5.41) is 11.8. The zero-order valence-corrected chi connectivity index (χ0v) is 17.5. The second-order valence-electron chi connectivity index (χ2n) is 8.85. The van der Waals surface area contributed by atoms with Gasteiger partial charge in [0.1, 0.15) is 23.3 Å². The van der Waals surface area contributed by atoms with Crippen LogP contribution in [0.3, 0.4) is 0 Å². The highest BCUT2D eigenvalue weighted by atomic mass is 16.6. The first-order valence-electron chi connectivity index (χ1n) is 9.44. The van der Waals surface area contributed by atoms with Gasteiger partial charge in [-0.2, -0.15) is 0 Å². The van der Waals surface area contributed by atoms with Crippen LogP contribution in [0.2, 0.25) is 0 Å². The van der Waals surface area contributed by atoms with Crippen molar-refractivity contribution in [1.29, 1.82) is 0 Å². The number of nitrogens with zero attached hydrogens (tertiary/aromatic N) is 1. The number of rotatable bonds is 6. The van der Waals surface area contributed by atoms with Gasteiger partial charge in [0.05, 0.1) is 0 Å². The molecule has 0 radical (unpaired) electrons. The van der Waals surface area contributed by atoms with Crippen LogP contribution in [0.1, 0.15) is 67.2 Å². The molecule has 28 heavy (non-hydrogen) atoms. The first-order chi connectivity index (χ1) is 12.7. The number of alkyl carbamates (subject to hydrolysis) is 1. The summed E-state index contributed by atoms with van der Waals surface area (Å²) in [5.41, 5.74) is -1.43. The van der Waals surface area contributed by atoms with Gasteiger partial charge in [-0.3, -0.25) is 9.59 Å². The second-order valence-corrected chi connectivity index (χ2v) is 8.85. The highest BCUT2D eigenvalue weighted by Gasteiger charge is 2.38. The third kappa shape index (κ3) is 8.14. The third-order valence-electron chi connectivity index (χ3n) is 3.87. The van der Waals surface area contributed by atoms with Crippen molar-refractivity contribution in [3.05, 3.63) is 0 Å². The number of carbonyl (C=O) groups excluding carboxylic acids is 3. The molecule has 0 aromatic rings. The van der Waals surface area contributed by atoms with Gasteiger partial charge in [-0.1, -0.05) is 0 Å². The molecule has 1 saturated heterocycles. The number of carboxylic acids is 1. The van der Waals surface area contributed by atoms with E-state index in [0.717, 1.165) is 0 Å². The number of nitrogens with one attached hydrogen (secondary N) is 1. The van der Waals surface area contributed by atoms with E-state index in [2.05, 4.69) is 5.32 Å². The smallest absolute Gasteiger partial charge is 0.408 e. The predicted octanol–water partition coefficient (Wildman–Crippen LogP) is 2.08. The molecule has 2 N–H and O–H groups in total. The molecule has 1 heterocycles. The number of carboxylic acid groups (broad SMARTS) is 1. The van der Waals surface area contributed by atoms with Crippen molar-refractivity contribution >= 4 is 23.9 Å². The Labute approximate surface area is 165 Å². The number of esters is 1. The predicted molar refractivity (Wildman–Crippen MR) is 101 cm³/mol. The lowest BCUT2D eigenvalue weighted by Crippen LogP contribution is -2.52. The van der Waals surface area contributed by atoms with Crippen molar-refractivity contribution in [1.82, 2.24) is 10.2 Å². The number of amides is 2. The normalized spacial score (nSPS) is 18.4. The molecule has 1 fully saturated rings. The maximum atomic E-state index is 12.9. The van der Waals surface area contributed by atoms with Crippen LogP contribution in [0.25, 0.3) is 0 Å². The Balaban J connectivity index is 2.87. The van der Waals surface area contributed by atoms with Gasteiger partial charge in [0.2, 0.25) is 5.91 Å². The first-order valence-corrected chi connectivity index (χ1v) is 9.44. The Morgan fingerprint density at radius 1 is 1.07 bits per heavy atom. The lowest BCUT2D eigenvalue weighted by Gasteiger charge is -2.28. The SMILES string of the molecule is CC(C)(C)OC(=O)CC[C@H](NC(=O)OC(C)(C)C)C(=O)N1CCC[C@H]1C(=O)O. The van der Waals surface area contributed by atoms with Gasteiger partial charge in [-0.25, -0.2) is 9.59 Å². The molecule has 0 aromatic heterocycles. The maximum absolute atomic E-state index is 12.9. The first kappa shape index (κ1) is 23.7. The van der Waals surface area contributed by atoms with E-state index in [1.807, 2.05) is 0 Å². The average Bonchev–Trinajstić information content (AvgIpc) is 2.96. The molecule has 9 nitrogen and oxygen atoms in total. The fourth-order valence-corrected chi connectivity index (χ4v) is 2.85. The average molecular weight is 400 g/mol. The second kappa shape index (κ2) is 9.25. The summed E-state index contributed by atoms with van der Waals surface area (Å²) >= 11 is 0. The zero-order chi connectivity index (χ0) is 21.7. The Morgan fingerprint density at radius 2 is 1.64 bits per heavy atom. The van der Waals surface area contributed by atoms with Crippen LogP contribution >= 0.6 is 0 Å². The van der Waals surface area contributed by atoms with Crippen LogP contribution < -0.4 is 5.32 Å². The molecule has 0 bridgehead atoms. The van der Waals surface area contributed by atoms with Crippen LogP contribution in [0.15, 0.2) is 0 Å². The topological polar surface area (TPSA) is 122 Å². The minimum absolute atomic E-state index is 0.0180. The molecule has 9 heteroatoms. The fourth-order valence-electron chi connectivity index (χ4n) is 2.85. The van der Waals surface area contributed by atoms with Crippen LogP contribution in [0.4, 0.5) is 4.79 Å². The van der Waals surface area contributed by atoms with Crippen molar-refractivity contribution in [2.75, 3.05) is 6.54 Å². The van der Waals surface area contributed by atoms with Gasteiger partial charge >= 0.3 is 18.0 Å². The highest BCUT2D eigenvalue weighted by molar-refractivity contribution is 5.90. The Hall–Kier alpha value is -2.32. The number of likely N-dealkylation sites (tertiary alicyclic amines) is 1. The van der Waals surface area contributed by atoms with E-state index in [9.17, 15) is 24.3 Å². The van der Waals surface area contributed by atoms with Crippen LogP contribution in [-0.2, 0) is 23.9 Å². The molecule has 0 spiro atoms. The van der Waals surface area contributed by atoms with Crippen molar-refractivity contribution in [2.45, 2.75) is 90.5 Å². The van der Waals surface area contributed by atoms with E-state index in [0.29, 0.717) is 12.8 Å². The summed E-state index contributed by atoms with van der Waals surface area (Å²) in [7, 11) is 0. The molecular formula is C19H32N2O7. The third-order valence-corrected chi connectivity index (χ3v) is 3.87. The summed E-state index contributed by atoms with van der Waals surface area (Å²) in [6, 6.07) is -2.01. The minimum atomic E-state index is -1.09. The van der Waals surface area contributed by atoms with E-state index < -0.39 is 47.2 Å². The number of carbonyl (C=O) groups is 4. The Kier molecular flexibility index (Phi) is 7.84. The molecule has 1 aliphatic rings. The number of hydrogen-bond acceptors (Lipinski definition) is 6. The largest absolute Gasteiger partial charge is 0.480 e. The monoisotopic (exact) mass is 400 g/mol. The van der Waals surface area contributed by atoms with Gasteiger partial charge in [0.15, 0.2) is 0 Å². The fraction of sp³-hybridized carbons (Fsp3) is 0.789. The summed E-state index contributed by atoms with van der Waals surface area (Å²) in [5.74, 6) is -2.14. The van der Waals surface area contributed by atoms with Crippen LogP contribution in [0.5, 0.6) is 0 Å². The number of aliphatic carboxylic acids is 1. The Bertz CT molecular complexity index is 604. The molecule has 2 amide bonds. The molecule has 1 rings (SSSR count). The Morgan fingerprint density at radius 3 is 2.14 bits per heavy atom. The molecule has 160 valence electrons.